The number of hydrogen-bond donors (Lipinski definition) is 8. The number of aliphatic hydroxyl groups is 4. The highest BCUT2D eigenvalue weighted by atomic mass is 16.4. The first-order chi connectivity index (χ1) is 16.3. The van der Waals surface area contributed by atoms with E-state index in [0.717, 1.165) is 12.8 Å². The van der Waals surface area contributed by atoms with E-state index < -0.39 is 23.9 Å². The third-order valence-corrected chi connectivity index (χ3v) is 2.57. The Morgan fingerprint density at radius 2 is 0.722 bits per heavy atom. The van der Waals surface area contributed by atoms with Crippen molar-refractivity contribution in [1.29, 1.82) is 0 Å². The lowest BCUT2D eigenvalue weighted by Gasteiger charge is -1.95. The highest BCUT2D eigenvalue weighted by Crippen LogP contribution is 1.84. The highest BCUT2D eigenvalue weighted by molar-refractivity contribution is 5.85. The molecule has 0 amide bonds. The van der Waals surface area contributed by atoms with Crippen molar-refractivity contribution in [2.75, 3.05) is 19.8 Å². The van der Waals surface area contributed by atoms with Crippen molar-refractivity contribution in [3.63, 3.8) is 0 Å². The van der Waals surface area contributed by atoms with E-state index in [1.807, 2.05) is 0 Å². The van der Waals surface area contributed by atoms with Gasteiger partial charge in [-0.3, -0.25) is 0 Å². The van der Waals surface area contributed by atoms with E-state index in [0.29, 0.717) is 6.42 Å². The average Bonchev–Trinajstić information content (AvgIpc) is 2.74. The Balaban J connectivity index is -0.0000000750. The van der Waals surface area contributed by atoms with E-state index in [1.54, 1.807) is 6.92 Å². The van der Waals surface area contributed by atoms with E-state index in [1.165, 1.54) is 27.7 Å². The molecule has 0 saturated carbocycles. The first-order valence-corrected chi connectivity index (χ1v) is 10.3. The molecule has 0 bridgehead atoms. The summed E-state index contributed by atoms with van der Waals surface area (Å²) in [5.74, 6) is -3.74. The molecule has 0 aromatic heterocycles. The number of carbonyl (C=O) groups is 4. The van der Waals surface area contributed by atoms with Crippen molar-refractivity contribution >= 4 is 23.9 Å². The molecule has 0 aliphatic rings. The van der Waals surface area contributed by atoms with Gasteiger partial charge in [-0.05, 0) is 53.9 Å². The number of aliphatic hydroxyl groups excluding tert-OH is 4. The maximum Gasteiger partial charge on any atom is 0.330 e. The van der Waals surface area contributed by atoms with Gasteiger partial charge in [0.25, 0.3) is 0 Å². The summed E-state index contributed by atoms with van der Waals surface area (Å²) in [5.41, 5.74) is 0.704. The largest absolute Gasteiger partial charge is 0.478 e. The molecule has 12 heteroatoms. The van der Waals surface area contributed by atoms with Gasteiger partial charge in [-0.1, -0.05) is 26.3 Å². The predicted molar refractivity (Wildman–Crippen MR) is 137 cm³/mol. The molecule has 1 unspecified atom stereocenters. The van der Waals surface area contributed by atoms with Crippen molar-refractivity contribution in [3.8, 4) is 0 Å². The second-order valence-electron chi connectivity index (χ2n) is 6.86. The van der Waals surface area contributed by atoms with Gasteiger partial charge in [0, 0.05) is 42.1 Å². The van der Waals surface area contributed by atoms with Gasteiger partial charge in [0.05, 0.1) is 6.10 Å². The van der Waals surface area contributed by atoms with Crippen molar-refractivity contribution in [2.45, 2.75) is 60.0 Å². The molecule has 0 radical (unpaired) electrons. The van der Waals surface area contributed by atoms with Crippen LogP contribution >= 0.6 is 0 Å². The van der Waals surface area contributed by atoms with Crippen LogP contribution in [0.5, 0.6) is 0 Å². The number of carboxylic acid groups (broad SMARTS) is 4. The lowest BCUT2D eigenvalue weighted by Crippen LogP contribution is -2.00. The molecular weight excluding hydrogens is 480 g/mol. The van der Waals surface area contributed by atoms with Crippen LogP contribution in [0.25, 0.3) is 0 Å². The number of carboxylic acids is 4. The zero-order valence-electron chi connectivity index (χ0n) is 21.9. The van der Waals surface area contributed by atoms with Crippen LogP contribution in [0, 0.1) is 0 Å². The van der Waals surface area contributed by atoms with Gasteiger partial charge in [0.15, 0.2) is 0 Å². The summed E-state index contributed by atoms with van der Waals surface area (Å²) in [6.07, 6.45) is 1.57. The topological polar surface area (TPSA) is 230 Å². The Labute approximate surface area is 212 Å². The second-order valence-corrected chi connectivity index (χ2v) is 6.86. The van der Waals surface area contributed by atoms with Gasteiger partial charge in [0.2, 0.25) is 0 Å². The molecule has 0 aliphatic carbocycles. The van der Waals surface area contributed by atoms with Gasteiger partial charge in [-0.15, -0.1) is 0 Å². The summed E-state index contributed by atoms with van der Waals surface area (Å²) in [7, 11) is 0. The maximum absolute atomic E-state index is 9.60. The fourth-order valence-corrected chi connectivity index (χ4v) is 0.410. The van der Waals surface area contributed by atoms with Crippen LogP contribution in [-0.2, 0) is 19.2 Å². The molecule has 0 aromatic rings. The molecule has 0 aliphatic heterocycles. The molecule has 0 heterocycles. The van der Waals surface area contributed by atoms with E-state index in [9.17, 15) is 19.2 Å². The normalized spacial score (nSPS) is 8.92. The molecule has 0 spiro atoms. The molecule has 212 valence electrons. The Morgan fingerprint density at radius 1 is 0.556 bits per heavy atom. The van der Waals surface area contributed by atoms with E-state index >= 15 is 0 Å². The minimum atomic E-state index is -0.935. The predicted octanol–water partition coefficient (Wildman–Crippen LogP) is 2.09. The molecule has 0 rings (SSSR count). The quantitative estimate of drug-likeness (QED) is 0.160. The lowest BCUT2D eigenvalue weighted by molar-refractivity contribution is -0.133. The second kappa shape index (κ2) is 33.9. The summed E-state index contributed by atoms with van der Waals surface area (Å²) in [6, 6.07) is 0. The van der Waals surface area contributed by atoms with Crippen molar-refractivity contribution in [2.24, 2.45) is 0 Å². The number of unbranched alkanes of at least 4 members (excludes halogenated alkanes) is 1. The molecular formula is C24H44O12. The molecule has 0 aromatic carbocycles. The number of aliphatic carboxylic acids is 4. The van der Waals surface area contributed by atoms with Crippen molar-refractivity contribution in [3.05, 3.63) is 48.6 Å². The van der Waals surface area contributed by atoms with Gasteiger partial charge in [0.1, 0.15) is 0 Å². The minimum absolute atomic E-state index is 0.0810. The molecule has 8 N–H and O–H groups in total. The van der Waals surface area contributed by atoms with E-state index in [4.69, 9.17) is 40.9 Å². The minimum Gasteiger partial charge on any atom is -0.478 e. The van der Waals surface area contributed by atoms with Gasteiger partial charge < -0.3 is 40.9 Å². The average molecular weight is 525 g/mol. The van der Waals surface area contributed by atoms with E-state index in [2.05, 4.69) is 26.3 Å². The standard InChI is InChI=1S/C4H10O2.4C4H6O2.C4H10O2/c1-4(6)2-3-5;4*1-3(2)4(5)6;5-3-1-2-4-6/h4-6H,2-3H2,1H3;4*1H2,2H3,(H,5,6);5-6H,1-4H2. The monoisotopic (exact) mass is 524 g/mol. The van der Waals surface area contributed by atoms with Gasteiger partial charge >= 0.3 is 23.9 Å². The summed E-state index contributed by atoms with van der Waals surface area (Å²) in [5, 5.41) is 64.2. The third-order valence-electron chi connectivity index (χ3n) is 2.57. The number of hydrogen-bond acceptors (Lipinski definition) is 8. The third kappa shape index (κ3) is 77.5. The molecule has 12 nitrogen and oxygen atoms in total. The fraction of sp³-hybridized carbons (Fsp3) is 0.500. The first kappa shape index (κ1) is 46.1. The summed E-state index contributed by atoms with van der Waals surface area (Å²) < 4.78 is 0. The Morgan fingerprint density at radius 3 is 0.750 bits per heavy atom. The van der Waals surface area contributed by atoms with Crippen LogP contribution in [0.2, 0.25) is 0 Å². The summed E-state index contributed by atoms with van der Waals surface area (Å²) in [6.45, 7) is 20.5. The maximum atomic E-state index is 9.60. The molecule has 0 fully saturated rings. The lowest BCUT2D eigenvalue weighted by atomic mass is 10.3. The SMILES string of the molecule is C=C(C)C(=O)O.C=C(C)C(=O)O.C=C(C)C(=O)O.C=C(C)C(=O)O.CC(O)CCO.OCCCCO. The fourth-order valence-electron chi connectivity index (χ4n) is 0.410. The summed E-state index contributed by atoms with van der Waals surface area (Å²) >= 11 is 0. The first-order valence-electron chi connectivity index (χ1n) is 10.3. The molecule has 1 atom stereocenters. The Bertz CT molecular complexity index is 516. The van der Waals surface area contributed by atoms with Crippen LogP contribution in [0.15, 0.2) is 48.6 Å². The van der Waals surface area contributed by atoms with Crippen molar-refractivity contribution in [1.82, 2.24) is 0 Å². The van der Waals surface area contributed by atoms with Crippen molar-refractivity contribution < 1.29 is 60.0 Å². The Kier molecular flexibility index (Phi) is 43.3. The molecule has 0 saturated heterocycles. The Hall–Kier alpha value is -3.32. The van der Waals surface area contributed by atoms with Crippen LogP contribution < -0.4 is 0 Å². The van der Waals surface area contributed by atoms with Crippen LogP contribution in [-0.4, -0.2) is 90.7 Å². The zero-order chi connectivity index (χ0) is 30.4. The van der Waals surface area contributed by atoms with Crippen LogP contribution in [0.1, 0.15) is 53.9 Å². The van der Waals surface area contributed by atoms with Gasteiger partial charge in [-0.25, -0.2) is 19.2 Å². The van der Waals surface area contributed by atoms with E-state index in [-0.39, 0.29) is 48.2 Å². The summed E-state index contributed by atoms with van der Waals surface area (Å²) in [4.78, 5) is 38.4. The van der Waals surface area contributed by atoms with Crippen LogP contribution in [0.3, 0.4) is 0 Å². The van der Waals surface area contributed by atoms with Crippen LogP contribution in [0.4, 0.5) is 0 Å². The zero-order valence-corrected chi connectivity index (χ0v) is 21.9. The smallest absolute Gasteiger partial charge is 0.330 e. The highest BCUT2D eigenvalue weighted by Gasteiger charge is 1.92. The number of rotatable bonds is 9. The molecule has 36 heavy (non-hydrogen) atoms. The van der Waals surface area contributed by atoms with Gasteiger partial charge in [-0.2, -0.15) is 0 Å².